The van der Waals surface area contributed by atoms with Crippen molar-refractivity contribution < 1.29 is 17.6 Å². The Morgan fingerprint density at radius 3 is 2.47 bits per heavy atom. The minimum absolute atomic E-state index is 0.292. The molecule has 0 unspecified atom stereocenters. The van der Waals surface area contributed by atoms with Crippen molar-refractivity contribution >= 4 is 22.5 Å². The molecule has 0 atom stereocenters. The molecule has 1 aromatic carbocycles. The van der Waals surface area contributed by atoms with Crippen LogP contribution in [0.5, 0.6) is 0 Å². The van der Waals surface area contributed by atoms with Crippen molar-refractivity contribution in [1.29, 1.82) is 0 Å². The van der Waals surface area contributed by atoms with E-state index in [2.05, 4.69) is 4.42 Å². The summed E-state index contributed by atoms with van der Waals surface area (Å²) in [5.41, 5.74) is -2.45. The molecule has 17 heavy (non-hydrogen) atoms. The van der Waals surface area contributed by atoms with E-state index in [1.165, 1.54) is 0 Å². The molecule has 0 amide bonds. The van der Waals surface area contributed by atoms with Gasteiger partial charge in [0.05, 0.1) is 16.1 Å². The zero-order valence-corrected chi connectivity index (χ0v) is 8.65. The zero-order valence-electron chi connectivity index (χ0n) is 7.89. The SMILES string of the molecule is O=c1[nH]c2cc(C(F)(F)F)cc(Cl)c2c(=O)o1. The van der Waals surface area contributed by atoms with Crippen LogP contribution in [0.25, 0.3) is 10.9 Å². The molecule has 0 radical (unpaired) electrons. The second kappa shape index (κ2) is 3.63. The van der Waals surface area contributed by atoms with E-state index in [0.717, 1.165) is 0 Å². The average Bonchev–Trinajstić information content (AvgIpc) is 2.13. The van der Waals surface area contributed by atoms with Gasteiger partial charge in [-0.05, 0) is 12.1 Å². The Bertz CT molecular complexity index is 701. The molecule has 0 spiro atoms. The first kappa shape index (κ1) is 11.7. The Morgan fingerprint density at radius 2 is 1.88 bits per heavy atom. The fourth-order valence-electron chi connectivity index (χ4n) is 1.35. The largest absolute Gasteiger partial charge is 0.419 e. The maximum absolute atomic E-state index is 12.4. The van der Waals surface area contributed by atoms with Crippen molar-refractivity contribution in [2.75, 3.05) is 0 Å². The summed E-state index contributed by atoms with van der Waals surface area (Å²) in [5, 5.41) is -0.723. The van der Waals surface area contributed by atoms with Crippen molar-refractivity contribution in [2.24, 2.45) is 0 Å². The molecule has 0 aliphatic rings. The van der Waals surface area contributed by atoms with Crippen LogP contribution in [-0.4, -0.2) is 4.98 Å². The lowest BCUT2D eigenvalue weighted by Gasteiger charge is -2.08. The first-order valence-corrected chi connectivity index (χ1v) is 4.61. The topological polar surface area (TPSA) is 63.1 Å². The number of rotatable bonds is 0. The quantitative estimate of drug-likeness (QED) is 0.794. The molecule has 0 aliphatic heterocycles. The highest BCUT2D eigenvalue weighted by Crippen LogP contribution is 2.33. The number of aromatic nitrogens is 1. The van der Waals surface area contributed by atoms with Gasteiger partial charge in [-0.15, -0.1) is 0 Å². The van der Waals surface area contributed by atoms with Crippen LogP contribution in [0.1, 0.15) is 5.56 Å². The van der Waals surface area contributed by atoms with Crippen molar-refractivity contribution in [3.63, 3.8) is 0 Å². The fourth-order valence-corrected chi connectivity index (χ4v) is 1.64. The van der Waals surface area contributed by atoms with E-state index in [-0.39, 0.29) is 10.9 Å². The highest BCUT2D eigenvalue weighted by molar-refractivity contribution is 6.35. The molecule has 8 heteroatoms. The van der Waals surface area contributed by atoms with Gasteiger partial charge in [0.15, 0.2) is 0 Å². The molecule has 90 valence electrons. The van der Waals surface area contributed by atoms with E-state index < -0.39 is 28.1 Å². The van der Waals surface area contributed by atoms with Gasteiger partial charge >= 0.3 is 17.6 Å². The maximum atomic E-state index is 12.4. The molecule has 1 heterocycles. The summed E-state index contributed by atoms with van der Waals surface area (Å²) < 4.78 is 41.5. The minimum atomic E-state index is -4.62. The van der Waals surface area contributed by atoms with Crippen LogP contribution >= 0.6 is 11.6 Å². The van der Waals surface area contributed by atoms with Gasteiger partial charge in [-0.2, -0.15) is 13.2 Å². The monoisotopic (exact) mass is 265 g/mol. The number of hydrogen-bond acceptors (Lipinski definition) is 3. The van der Waals surface area contributed by atoms with Crippen molar-refractivity contribution in [1.82, 2.24) is 4.98 Å². The summed E-state index contributed by atoms with van der Waals surface area (Å²) in [7, 11) is 0. The molecule has 0 fully saturated rings. The van der Waals surface area contributed by atoms with Gasteiger partial charge in [0, 0.05) is 0 Å². The third kappa shape index (κ3) is 2.05. The highest BCUT2D eigenvalue weighted by Gasteiger charge is 2.31. The number of alkyl halides is 3. The first-order valence-electron chi connectivity index (χ1n) is 4.23. The third-order valence-electron chi connectivity index (χ3n) is 2.04. The van der Waals surface area contributed by atoms with Gasteiger partial charge in [-0.1, -0.05) is 11.6 Å². The molecule has 2 rings (SSSR count). The van der Waals surface area contributed by atoms with Crippen LogP contribution in [0, 0.1) is 0 Å². The van der Waals surface area contributed by atoms with Gasteiger partial charge in [0.25, 0.3) is 0 Å². The smallest absolute Gasteiger partial charge is 0.372 e. The Labute approximate surface area is 95.6 Å². The lowest BCUT2D eigenvalue weighted by molar-refractivity contribution is -0.137. The Hall–Kier alpha value is -1.76. The summed E-state index contributed by atoms with van der Waals surface area (Å²) >= 11 is 5.54. The lowest BCUT2D eigenvalue weighted by atomic mass is 10.1. The Balaban J connectivity index is 2.92. The van der Waals surface area contributed by atoms with Crippen molar-refractivity contribution in [3.05, 3.63) is 43.7 Å². The van der Waals surface area contributed by atoms with Gasteiger partial charge in [-0.25, -0.2) is 9.59 Å². The highest BCUT2D eigenvalue weighted by atomic mass is 35.5. The molecular weight excluding hydrogens is 263 g/mol. The van der Waals surface area contributed by atoms with Crippen LogP contribution in [0.15, 0.2) is 26.1 Å². The number of fused-ring (bicyclic) bond motifs is 1. The third-order valence-corrected chi connectivity index (χ3v) is 2.34. The normalized spacial score (nSPS) is 12.0. The summed E-state index contributed by atoms with van der Waals surface area (Å²) in [6.07, 6.45) is -4.62. The van der Waals surface area contributed by atoms with Gasteiger partial charge in [0.2, 0.25) is 0 Å². The van der Waals surface area contributed by atoms with Gasteiger partial charge in [-0.3, -0.25) is 4.98 Å². The molecule has 0 saturated heterocycles. The van der Waals surface area contributed by atoms with Crippen molar-refractivity contribution in [2.45, 2.75) is 6.18 Å². The van der Waals surface area contributed by atoms with Crippen molar-refractivity contribution in [3.8, 4) is 0 Å². The second-order valence-electron chi connectivity index (χ2n) is 3.18. The van der Waals surface area contributed by atoms with E-state index in [1.807, 2.05) is 4.98 Å². The Kier molecular flexibility index (Phi) is 2.50. The number of halogens is 4. The van der Waals surface area contributed by atoms with Crippen LogP contribution in [0.2, 0.25) is 5.02 Å². The van der Waals surface area contributed by atoms with E-state index in [9.17, 15) is 22.8 Å². The predicted molar refractivity (Wildman–Crippen MR) is 53.1 cm³/mol. The number of aromatic amines is 1. The zero-order chi connectivity index (χ0) is 12.8. The maximum Gasteiger partial charge on any atom is 0.419 e. The lowest BCUT2D eigenvalue weighted by Crippen LogP contribution is -2.16. The molecule has 0 bridgehead atoms. The average molecular weight is 266 g/mol. The van der Waals surface area contributed by atoms with E-state index in [1.54, 1.807) is 0 Å². The van der Waals surface area contributed by atoms with E-state index >= 15 is 0 Å². The number of benzene rings is 1. The number of nitrogens with one attached hydrogen (secondary N) is 1. The minimum Gasteiger partial charge on any atom is -0.372 e. The van der Waals surface area contributed by atoms with Crippen LogP contribution in [0.3, 0.4) is 0 Å². The summed E-state index contributed by atoms with van der Waals surface area (Å²) in [4.78, 5) is 24.0. The predicted octanol–water partition coefficient (Wildman–Crippen LogP) is 2.15. The molecule has 1 N–H and O–H groups in total. The fraction of sp³-hybridized carbons (Fsp3) is 0.111. The molecule has 1 aromatic heterocycles. The van der Waals surface area contributed by atoms with E-state index in [0.29, 0.717) is 12.1 Å². The molecule has 4 nitrogen and oxygen atoms in total. The number of H-pyrrole nitrogens is 1. The van der Waals surface area contributed by atoms with Gasteiger partial charge in [0.1, 0.15) is 5.39 Å². The number of hydrogen-bond donors (Lipinski definition) is 1. The second-order valence-corrected chi connectivity index (χ2v) is 3.59. The molecule has 0 saturated carbocycles. The first-order chi connectivity index (χ1) is 7.79. The summed E-state index contributed by atoms with van der Waals surface area (Å²) in [6, 6.07) is 1.22. The summed E-state index contributed by atoms with van der Waals surface area (Å²) in [6.45, 7) is 0. The van der Waals surface area contributed by atoms with Crippen LogP contribution in [0.4, 0.5) is 13.2 Å². The summed E-state index contributed by atoms with van der Waals surface area (Å²) in [5.74, 6) is -1.14. The molecule has 0 aliphatic carbocycles. The van der Waals surface area contributed by atoms with Crippen LogP contribution < -0.4 is 11.4 Å². The van der Waals surface area contributed by atoms with E-state index in [4.69, 9.17) is 11.6 Å². The molecule has 2 aromatic rings. The standard InChI is InChI=1S/C9H3ClF3NO3/c10-4-1-3(9(11,12)13)2-5-6(4)7(15)17-8(16)14-5/h1-2H,(H,14,16). The van der Waals surface area contributed by atoms with Gasteiger partial charge < -0.3 is 4.42 Å². The molecular formula is C9H3ClF3NO3. The van der Waals surface area contributed by atoms with Crippen LogP contribution in [-0.2, 0) is 6.18 Å². The Morgan fingerprint density at radius 1 is 1.24 bits per heavy atom.